The van der Waals surface area contributed by atoms with Gasteiger partial charge in [0, 0.05) is 5.56 Å². The summed E-state index contributed by atoms with van der Waals surface area (Å²) in [5.41, 5.74) is 3.54. The zero-order chi connectivity index (χ0) is 13.3. The van der Waals surface area contributed by atoms with Gasteiger partial charge in [0.2, 0.25) is 0 Å². The molecule has 0 spiro atoms. The molecule has 2 aromatic rings. The Balaban J connectivity index is 2.56. The summed E-state index contributed by atoms with van der Waals surface area (Å²) in [6.45, 7) is 5.78. The van der Waals surface area contributed by atoms with Crippen molar-refractivity contribution in [1.82, 2.24) is 5.32 Å². The molecule has 0 fully saturated rings. The van der Waals surface area contributed by atoms with Crippen molar-refractivity contribution in [1.29, 1.82) is 0 Å². The van der Waals surface area contributed by atoms with Crippen LogP contribution < -0.4 is 5.32 Å². The molecular formula is C15H18FNO. The molecule has 2 rings (SSSR count). The van der Waals surface area contributed by atoms with E-state index in [-0.39, 0.29) is 11.9 Å². The molecule has 1 atom stereocenters. The summed E-state index contributed by atoms with van der Waals surface area (Å²) in [5.74, 6) is 0.575. The second-order valence-corrected chi connectivity index (χ2v) is 4.67. The highest BCUT2D eigenvalue weighted by Crippen LogP contribution is 2.30. The summed E-state index contributed by atoms with van der Waals surface area (Å²) in [6.07, 6.45) is 1.64. The first kappa shape index (κ1) is 12.8. The van der Waals surface area contributed by atoms with Crippen LogP contribution in [0, 0.1) is 26.6 Å². The van der Waals surface area contributed by atoms with Gasteiger partial charge in [0.1, 0.15) is 11.6 Å². The predicted molar refractivity (Wildman–Crippen MR) is 70.2 cm³/mol. The molecule has 1 unspecified atom stereocenters. The maximum absolute atomic E-state index is 14.2. The highest BCUT2D eigenvalue weighted by molar-refractivity contribution is 5.39. The van der Waals surface area contributed by atoms with Crippen LogP contribution in [0.15, 0.2) is 28.9 Å². The van der Waals surface area contributed by atoms with E-state index >= 15 is 0 Å². The van der Waals surface area contributed by atoms with E-state index in [1.165, 1.54) is 0 Å². The van der Waals surface area contributed by atoms with Gasteiger partial charge in [-0.2, -0.15) is 0 Å². The Labute approximate surface area is 107 Å². The van der Waals surface area contributed by atoms with E-state index in [4.69, 9.17) is 4.42 Å². The minimum atomic E-state index is -0.249. The lowest BCUT2D eigenvalue weighted by molar-refractivity contribution is 0.448. The summed E-state index contributed by atoms with van der Waals surface area (Å²) in [7, 11) is 1.81. The van der Waals surface area contributed by atoms with Gasteiger partial charge >= 0.3 is 0 Å². The Morgan fingerprint density at radius 2 is 1.89 bits per heavy atom. The first-order valence-electron chi connectivity index (χ1n) is 6.02. The highest BCUT2D eigenvalue weighted by Gasteiger charge is 2.22. The smallest absolute Gasteiger partial charge is 0.128 e. The number of nitrogens with one attached hydrogen (secondary N) is 1. The molecule has 1 aromatic carbocycles. The van der Waals surface area contributed by atoms with Crippen LogP contribution in [0.2, 0.25) is 0 Å². The Hall–Kier alpha value is -1.61. The number of hydrogen-bond acceptors (Lipinski definition) is 2. The Kier molecular flexibility index (Phi) is 3.53. The lowest BCUT2D eigenvalue weighted by atomic mass is 9.95. The minimum absolute atomic E-state index is 0.192. The van der Waals surface area contributed by atoms with Gasteiger partial charge in [-0.05, 0) is 56.6 Å². The fourth-order valence-electron chi connectivity index (χ4n) is 2.38. The largest absolute Gasteiger partial charge is 0.467 e. The third kappa shape index (κ3) is 2.18. The minimum Gasteiger partial charge on any atom is -0.467 e. The number of benzene rings is 1. The Morgan fingerprint density at radius 3 is 2.39 bits per heavy atom. The van der Waals surface area contributed by atoms with Gasteiger partial charge < -0.3 is 9.73 Å². The molecule has 0 amide bonds. The fourth-order valence-corrected chi connectivity index (χ4v) is 2.38. The van der Waals surface area contributed by atoms with Gasteiger partial charge in [0.25, 0.3) is 0 Å². The number of furan rings is 1. The average Bonchev–Trinajstić information content (AvgIpc) is 2.69. The maximum Gasteiger partial charge on any atom is 0.128 e. The third-order valence-corrected chi connectivity index (χ3v) is 3.22. The van der Waals surface area contributed by atoms with Crippen molar-refractivity contribution in [2.24, 2.45) is 0 Å². The molecule has 0 aliphatic heterocycles. The molecular weight excluding hydrogens is 229 g/mol. The van der Waals surface area contributed by atoms with Crippen LogP contribution in [-0.4, -0.2) is 7.05 Å². The van der Waals surface area contributed by atoms with Gasteiger partial charge in [-0.3, -0.25) is 0 Å². The van der Waals surface area contributed by atoms with Crippen molar-refractivity contribution in [3.05, 3.63) is 58.3 Å². The van der Waals surface area contributed by atoms with Crippen molar-refractivity contribution < 1.29 is 8.81 Å². The predicted octanol–water partition coefficient (Wildman–Crippen LogP) is 3.65. The van der Waals surface area contributed by atoms with Crippen LogP contribution in [0.4, 0.5) is 4.39 Å². The van der Waals surface area contributed by atoms with Crippen LogP contribution in [0.1, 0.15) is 34.1 Å². The van der Waals surface area contributed by atoms with Crippen molar-refractivity contribution in [2.75, 3.05) is 7.05 Å². The highest BCUT2D eigenvalue weighted by atomic mass is 19.1. The maximum atomic E-state index is 14.2. The van der Waals surface area contributed by atoms with Crippen LogP contribution in [0.3, 0.4) is 0 Å². The molecule has 0 aliphatic rings. The van der Waals surface area contributed by atoms with E-state index in [9.17, 15) is 4.39 Å². The summed E-state index contributed by atoms with van der Waals surface area (Å²) in [5, 5.41) is 3.13. The Bertz CT molecular complexity index is 536. The van der Waals surface area contributed by atoms with Crippen LogP contribution in [0.25, 0.3) is 0 Å². The van der Waals surface area contributed by atoms with Gasteiger partial charge in [-0.1, -0.05) is 6.07 Å². The number of halogens is 1. The molecule has 1 heterocycles. The number of rotatable bonds is 3. The molecule has 96 valence electrons. The van der Waals surface area contributed by atoms with Gasteiger partial charge in [0.05, 0.1) is 12.3 Å². The molecule has 0 bridgehead atoms. The van der Waals surface area contributed by atoms with Crippen molar-refractivity contribution >= 4 is 0 Å². The average molecular weight is 247 g/mol. The van der Waals surface area contributed by atoms with Crippen LogP contribution >= 0.6 is 0 Å². The van der Waals surface area contributed by atoms with E-state index in [1.54, 1.807) is 12.3 Å². The summed E-state index contributed by atoms with van der Waals surface area (Å²) < 4.78 is 19.7. The lowest BCUT2D eigenvalue weighted by Crippen LogP contribution is -2.20. The van der Waals surface area contributed by atoms with Crippen LogP contribution in [-0.2, 0) is 0 Å². The molecule has 0 aliphatic carbocycles. The monoisotopic (exact) mass is 247 g/mol. The summed E-state index contributed by atoms with van der Waals surface area (Å²) in [4.78, 5) is 0. The second kappa shape index (κ2) is 4.94. The first-order chi connectivity index (χ1) is 8.54. The van der Waals surface area contributed by atoms with Crippen molar-refractivity contribution in [3.8, 4) is 0 Å². The number of hydrogen-bond donors (Lipinski definition) is 1. The van der Waals surface area contributed by atoms with E-state index in [2.05, 4.69) is 5.32 Å². The third-order valence-electron chi connectivity index (χ3n) is 3.22. The zero-order valence-corrected chi connectivity index (χ0v) is 11.2. The van der Waals surface area contributed by atoms with Gasteiger partial charge in [-0.15, -0.1) is 0 Å². The van der Waals surface area contributed by atoms with E-state index < -0.39 is 0 Å². The molecule has 1 N–H and O–H groups in total. The molecule has 3 heteroatoms. The van der Waals surface area contributed by atoms with E-state index in [0.29, 0.717) is 5.56 Å². The lowest BCUT2D eigenvalue weighted by Gasteiger charge is -2.19. The topological polar surface area (TPSA) is 25.2 Å². The van der Waals surface area contributed by atoms with Gasteiger partial charge in [0.15, 0.2) is 0 Å². The molecule has 0 radical (unpaired) electrons. The fraction of sp³-hybridized carbons (Fsp3) is 0.333. The molecule has 0 saturated heterocycles. The van der Waals surface area contributed by atoms with Crippen molar-refractivity contribution in [2.45, 2.75) is 26.8 Å². The molecule has 18 heavy (non-hydrogen) atoms. The normalized spacial score (nSPS) is 12.7. The summed E-state index contributed by atoms with van der Waals surface area (Å²) in [6, 6.07) is 5.19. The summed E-state index contributed by atoms with van der Waals surface area (Å²) >= 11 is 0. The molecule has 2 nitrogen and oxygen atoms in total. The van der Waals surface area contributed by atoms with E-state index in [0.717, 1.165) is 22.5 Å². The SMILES string of the molecule is CNC(c1occc1C)c1c(C)cc(C)cc1F. The van der Waals surface area contributed by atoms with Gasteiger partial charge in [-0.25, -0.2) is 4.39 Å². The quantitative estimate of drug-likeness (QED) is 0.895. The first-order valence-corrected chi connectivity index (χ1v) is 6.02. The standard InChI is InChI=1S/C15H18FNO/c1-9-7-11(3)13(12(16)8-9)14(17-4)15-10(2)5-6-18-15/h5-8,14,17H,1-4H3. The number of aryl methyl sites for hydroxylation is 3. The van der Waals surface area contributed by atoms with Crippen LogP contribution in [0.5, 0.6) is 0 Å². The van der Waals surface area contributed by atoms with Crippen molar-refractivity contribution in [3.63, 3.8) is 0 Å². The molecule has 1 aromatic heterocycles. The van der Waals surface area contributed by atoms with E-state index in [1.807, 2.05) is 40.0 Å². The molecule has 0 saturated carbocycles. The zero-order valence-electron chi connectivity index (χ0n) is 11.2. The second-order valence-electron chi connectivity index (χ2n) is 4.67. The Morgan fingerprint density at radius 1 is 1.17 bits per heavy atom.